The molecule has 2 aromatic carbocycles. The van der Waals surface area contributed by atoms with Crippen LogP contribution in [-0.4, -0.2) is 35.9 Å². The fourth-order valence-electron chi connectivity index (χ4n) is 4.59. The number of amides is 1. The SMILES string of the molecule is CCOC(=O)C1C=NCCc2c1n(C(=O)Nc1c(C)cccc1C(C)(C)C)c1ccccc21. The topological polar surface area (TPSA) is 72.7 Å². The van der Waals surface area contributed by atoms with Gasteiger partial charge >= 0.3 is 12.0 Å². The summed E-state index contributed by atoms with van der Waals surface area (Å²) in [6.45, 7) is 11.0. The van der Waals surface area contributed by atoms with Crippen molar-refractivity contribution in [1.29, 1.82) is 0 Å². The van der Waals surface area contributed by atoms with Gasteiger partial charge in [0.1, 0.15) is 5.92 Å². The van der Waals surface area contributed by atoms with E-state index < -0.39 is 11.9 Å². The second-order valence-corrected chi connectivity index (χ2v) is 9.43. The number of rotatable bonds is 3. The highest BCUT2D eigenvalue weighted by molar-refractivity contribution is 6.06. The lowest BCUT2D eigenvalue weighted by molar-refractivity contribution is -0.143. The quantitative estimate of drug-likeness (QED) is 0.533. The molecule has 1 aromatic heterocycles. The van der Waals surface area contributed by atoms with Crippen LogP contribution in [0.25, 0.3) is 10.9 Å². The van der Waals surface area contributed by atoms with Gasteiger partial charge < -0.3 is 10.1 Å². The largest absolute Gasteiger partial charge is 0.465 e. The van der Waals surface area contributed by atoms with Crippen LogP contribution in [0, 0.1) is 6.92 Å². The molecule has 33 heavy (non-hydrogen) atoms. The molecule has 1 amide bonds. The third-order valence-electron chi connectivity index (χ3n) is 6.12. The molecule has 1 aliphatic heterocycles. The fraction of sp³-hybridized carbons (Fsp3) is 0.370. The van der Waals surface area contributed by atoms with Crippen LogP contribution in [0.2, 0.25) is 0 Å². The standard InChI is InChI=1S/C27H31N3O3/c1-6-33-25(31)20-16-28-15-14-19-18-11-7-8-13-22(18)30(24(19)20)26(32)29-23-17(2)10-9-12-21(23)27(3,4)5/h7-13,16,20H,6,14-15H2,1-5H3,(H,29,32). The smallest absolute Gasteiger partial charge is 0.330 e. The molecule has 1 atom stereocenters. The maximum Gasteiger partial charge on any atom is 0.330 e. The number of nitrogens with zero attached hydrogens (tertiary/aromatic N) is 2. The van der Waals surface area contributed by atoms with Gasteiger partial charge in [0.2, 0.25) is 0 Å². The number of aromatic nitrogens is 1. The first-order chi connectivity index (χ1) is 15.7. The number of aliphatic imine (C=N–C) groups is 1. The predicted octanol–water partition coefficient (Wildman–Crippen LogP) is 5.60. The Balaban J connectivity index is 1.90. The van der Waals surface area contributed by atoms with Crippen LogP contribution in [0.1, 0.15) is 56.0 Å². The minimum absolute atomic E-state index is 0.148. The highest BCUT2D eigenvalue weighted by Crippen LogP contribution is 2.35. The highest BCUT2D eigenvalue weighted by Gasteiger charge is 2.33. The third-order valence-corrected chi connectivity index (χ3v) is 6.12. The Morgan fingerprint density at radius 1 is 1.15 bits per heavy atom. The van der Waals surface area contributed by atoms with E-state index in [9.17, 15) is 9.59 Å². The van der Waals surface area contributed by atoms with Crippen molar-refractivity contribution < 1.29 is 14.3 Å². The molecule has 6 nitrogen and oxygen atoms in total. The molecule has 1 aliphatic rings. The van der Waals surface area contributed by atoms with Crippen LogP contribution >= 0.6 is 0 Å². The first kappa shape index (κ1) is 22.8. The van der Waals surface area contributed by atoms with Crippen molar-refractivity contribution in [2.45, 2.75) is 52.4 Å². The maximum absolute atomic E-state index is 13.9. The summed E-state index contributed by atoms with van der Waals surface area (Å²) in [5, 5.41) is 4.13. The molecule has 1 unspecified atom stereocenters. The van der Waals surface area contributed by atoms with Crippen LogP contribution in [0.5, 0.6) is 0 Å². The predicted molar refractivity (Wildman–Crippen MR) is 133 cm³/mol. The van der Waals surface area contributed by atoms with Crippen molar-refractivity contribution in [1.82, 2.24) is 4.57 Å². The Morgan fingerprint density at radius 3 is 2.64 bits per heavy atom. The van der Waals surface area contributed by atoms with E-state index in [1.165, 1.54) is 0 Å². The number of anilines is 1. The van der Waals surface area contributed by atoms with E-state index >= 15 is 0 Å². The number of hydrogen-bond acceptors (Lipinski definition) is 4. The van der Waals surface area contributed by atoms with Gasteiger partial charge in [0, 0.05) is 23.8 Å². The van der Waals surface area contributed by atoms with Gasteiger partial charge in [-0.2, -0.15) is 0 Å². The number of ether oxygens (including phenoxy) is 1. The van der Waals surface area contributed by atoms with Gasteiger partial charge in [-0.3, -0.25) is 14.4 Å². The lowest BCUT2D eigenvalue weighted by Gasteiger charge is -2.25. The van der Waals surface area contributed by atoms with Crippen molar-refractivity contribution in [2.24, 2.45) is 4.99 Å². The summed E-state index contributed by atoms with van der Waals surface area (Å²) in [6.07, 6.45) is 2.28. The Bertz CT molecular complexity index is 1250. The summed E-state index contributed by atoms with van der Waals surface area (Å²) in [5.74, 6) is -1.13. The zero-order valence-corrected chi connectivity index (χ0v) is 19.9. The number of hydrogen-bond donors (Lipinski definition) is 1. The lowest BCUT2D eigenvalue weighted by atomic mass is 9.84. The second-order valence-electron chi connectivity index (χ2n) is 9.43. The van der Waals surface area contributed by atoms with Crippen molar-refractivity contribution in [3.63, 3.8) is 0 Å². The average molecular weight is 446 g/mol. The fourth-order valence-corrected chi connectivity index (χ4v) is 4.59. The number of esters is 1. The summed E-state index contributed by atoms with van der Waals surface area (Å²) in [7, 11) is 0. The van der Waals surface area contributed by atoms with Gasteiger partial charge in [-0.05, 0) is 48.4 Å². The van der Waals surface area contributed by atoms with Crippen molar-refractivity contribution >= 4 is 34.8 Å². The third kappa shape index (κ3) is 4.17. The number of nitrogens with one attached hydrogen (secondary N) is 1. The molecule has 3 aromatic rings. The lowest BCUT2D eigenvalue weighted by Crippen LogP contribution is -2.28. The summed E-state index contributed by atoms with van der Waals surface area (Å²) >= 11 is 0. The van der Waals surface area contributed by atoms with E-state index in [4.69, 9.17) is 4.74 Å². The summed E-state index contributed by atoms with van der Waals surface area (Å²) < 4.78 is 6.99. The molecule has 4 rings (SSSR count). The van der Waals surface area contributed by atoms with Gasteiger partial charge in [0.25, 0.3) is 0 Å². The van der Waals surface area contributed by atoms with Crippen LogP contribution in [0.15, 0.2) is 47.5 Å². The minimum Gasteiger partial charge on any atom is -0.465 e. The van der Waals surface area contributed by atoms with E-state index in [1.54, 1.807) is 17.7 Å². The second kappa shape index (κ2) is 8.85. The van der Waals surface area contributed by atoms with Crippen molar-refractivity contribution in [3.05, 3.63) is 64.8 Å². The molecule has 0 saturated heterocycles. The molecule has 0 bridgehead atoms. The van der Waals surface area contributed by atoms with E-state index in [2.05, 4.69) is 31.1 Å². The van der Waals surface area contributed by atoms with Crippen molar-refractivity contribution in [3.8, 4) is 0 Å². The van der Waals surface area contributed by atoms with Gasteiger partial charge in [-0.15, -0.1) is 0 Å². The van der Waals surface area contributed by atoms with E-state index in [0.717, 1.165) is 33.3 Å². The molecule has 2 heterocycles. The minimum atomic E-state index is -0.737. The Kier molecular flexibility index (Phi) is 6.11. The molecule has 0 fully saturated rings. The number of carbonyl (C=O) groups excluding carboxylic acids is 2. The first-order valence-electron chi connectivity index (χ1n) is 11.4. The van der Waals surface area contributed by atoms with E-state index in [-0.39, 0.29) is 18.1 Å². The number of carbonyl (C=O) groups is 2. The number of benzene rings is 2. The number of aryl methyl sites for hydroxylation is 1. The zero-order valence-electron chi connectivity index (χ0n) is 19.9. The first-order valence-corrected chi connectivity index (χ1v) is 11.4. The molecule has 1 N–H and O–H groups in total. The molecule has 0 radical (unpaired) electrons. The summed E-state index contributed by atoms with van der Waals surface area (Å²) in [6, 6.07) is 13.5. The molecule has 0 saturated carbocycles. The Hall–Kier alpha value is -3.41. The van der Waals surface area contributed by atoms with Crippen LogP contribution in [-0.2, 0) is 21.4 Å². The maximum atomic E-state index is 13.9. The van der Waals surface area contributed by atoms with E-state index in [0.29, 0.717) is 18.7 Å². The average Bonchev–Trinajstić information content (AvgIpc) is 2.92. The van der Waals surface area contributed by atoms with E-state index in [1.807, 2.05) is 49.4 Å². The Morgan fingerprint density at radius 2 is 1.91 bits per heavy atom. The molecule has 172 valence electrons. The van der Waals surface area contributed by atoms with Gasteiger partial charge in [0.15, 0.2) is 0 Å². The van der Waals surface area contributed by atoms with Crippen LogP contribution in [0.3, 0.4) is 0 Å². The van der Waals surface area contributed by atoms with Crippen molar-refractivity contribution in [2.75, 3.05) is 18.5 Å². The van der Waals surface area contributed by atoms with Gasteiger partial charge in [-0.25, -0.2) is 4.79 Å². The van der Waals surface area contributed by atoms with Crippen LogP contribution < -0.4 is 5.32 Å². The molecule has 0 aliphatic carbocycles. The summed E-state index contributed by atoms with van der Waals surface area (Å²) in [5.41, 5.74) is 5.08. The normalized spacial score (nSPS) is 15.7. The molecule has 6 heteroatoms. The molecular weight excluding hydrogens is 414 g/mol. The molecular formula is C27H31N3O3. The Labute approximate surface area is 194 Å². The van der Waals surface area contributed by atoms with Crippen LogP contribution in [0.4, 0.5) is 10.5 Å². The number of para-hydroxylation sites is 2. The van der Waals surface area contributed by atoms with Gasteiger partial charge in [0.05, 0.1) is 17.8 Å². The molecule has 0 spiro atoms. The number of fused-ring (bicyclic) bond motifs is 3. The highest BCUT2D eigenvalue weighted by atomic mass is 16.5. The summed E-state index contributed by atoms with van der Waals surface area (Å²) in [4.78, 5) is 31.2. The van der Waals surface area contributed by atoms with Gasteiger partial charge in [-0.1, -0.05) is 57.2 Å². The zero-order chi connectivity index (χ0) is 23.8. The monoisotopic (exact) mass is 445 g/mol.